The summed E-state index contributed by atoms with van der Waals surface area (Å²) in [4.78, 5) is 27.7. The minimum atomic E-state index is -0.317. The molecular weight excluding hydrogens is 284 g/mol. The zero-order chi connectivity index (χ0) is 16.1. The van der Waals surface area contributed by atoms with Crippen LogP contribution in [-0.2, 0) is 4.74 Å². The lowest BCUT2D eigenvalue weighted by Crippen LogP contribution is -2.50. The molecular formula is C16H22N2O4. The number of carbonyl (C=O) groups is 2. The van der Waals surface area contributed by atoms with Crippen LogP contribution in [0.3, 0.4) is 0 Å². The van der Waals surface area contributed by atoms with E-state index in [0.29, 0.717) is 44.1 Å². The third-order valence-electron chi connectivity index (χ3n) is 3.68. The van der Waals surface area contributed by atoms with Gasteiger partial charge in [0.1, 0.15) is 5.75 Å². The van der Waals surface area contributed by atoms with Gasteiger partial charge in [0.2, 0.25) is 0 Å². The summed E-state index contributed by atoms with van der Waals surface area (Å²) >= 11 is 0. The van der Waals surface area contributed by atoms with Crippen molar-refractivity contribution in [2.75, 3.05) is 39.9 Å². The van der Waals surface area contributed by atoms with Crippen molar-refractivity contribution in [1.29, 1.82) is 0 Å². The second-order valence-corrected chi connectivity index (χ2v) is 5.18. The Morgan fingerprint density at radius 2 is 1.77 bits per heavy atom. The fourth-order valence-electron chi connectivity index (χ4n) is 2.47. The molecule has 2 amide bonds. The number of methoxy groups -OCH3 is 1. The van der Waals surface area contributed by atoms with Crippen LogP contribution in [0, 0.1) is 6.92 Å². The maximum absolute atomic E-state index is 12.6. The van der Waals surface area contributed by atoms with Gasteiger partial charge in [0.15, 0.2) is 0 Å². The van der Waals surface area contributed by atoms with Gasteiger partial charge in [0, 0.05) is 26.2 Å². The van der Waals surface area contributed by atoms with Crippen LogP contribution >= 0.6 is 0 Å². The van der Waals surface area contributed by atoms with E-state index >= 15 is 0 Å². The number of amides is 2. The largest absolute Gasteiger partial charge is 0.496 e. The molecule has 1 saturated heterocycles. The lowest BCUT2D eigenvalue weighted by molar-refractivity contribution is 0.0568. The highest BCUT2D eigenvalue weighted by Gasteiger charge is 2.26. The molecule has 1 aromatic carbocycles. The Kier molecular flexibility index (Phi) is 5.25. The Morgan fingerprint density at radius 1 is 1.14 bits per heavy atom. The van der Waals surface area contributed by atoms with Gasteiger partial charge in [-0.05, 0) is 26.0 Å². The zero-order valence-electron chi connectivity index (χ0n) is 13.3. The van der Waals surface area contributed by atoms with Gasteiger partial charge in [0.05, 0.1) is 19.3 Å². The van der Waals surface area contributed by atoms with Crippen LogP contribution in [0.2, 0.25) is 0 Å². The number of nitrogens with zero attached hydrogens (tertiary/aromatic N) is 2. The maximum atomic E-state index is 12.6. The molecule has 6 nitrogen and oxygen atoms in total. The average molecular weight is 306 g/mol. The highest BCUT2D eigenvalue weighted by Crippen LogP contribution is 2.22. The summed E-state index contributed by atoms with van der Waals surface area (Å²) in [5.41, 5.74) is 1.57. The Labute approximate surface area is 130 Å². The molecule has 1 heterocycles. The maximum Gasteiger partial charge on any atom is 0.409 e. The standard InChI is InChI=1S/C16H22N2O4/c1-4-22-16(20)18-9-7-17(8-10-18)15(19)13-11-12(2)5-6-14(13)21-3/h5-6,11H,4,7-10H2,1-3H3. The van der Waals surface area contributed by atoms with Crippen LogP contribution in [0.15, 0.2) is 18.2 Å². The van der Waals surface area contributed by atoms with Crippen LogP contribution in [0.5, 0.6) is 5.75 Å². The third-order valence-corrected chi connectivity index (χ3v) is 3.68. The highest BCUT2D eigenvalue weighted by molar-refractivity contribution is 5.97. The monoisotopic (exact) mass is 306 g/mol. The number of piperazine rings is 1. The van der Waals surface area contributed by atoms with Crippen LogP contribution in [0.4, 0.5) is 4.79 Å². The number of hydrogen-bond donors (Lipinski definition) is 0. The molecule has 22 heavy (non-hydrogen) atoms. The Hall–Kier alpha value is -2.24. The molecule has 1 aliphatic heterocycles. The van der Waals surface area contributed by atoms with Gasteiger partial charge in [-0.2, -0.15) is 0 Å². The Morgan fingerprint density at radius 3 is 2.36 bits per heavy atom. The van der Waals surface area contributed by atoms with E-state index in [0.717, 1.165) is 5.56 Å². The fourth-order valence-corrected chi connectivity index (χ4v) is 2.47. The molecule has 0 N–H and O–H groups in total. The molecule has 0 atom stereocenters. The molecule has 0 radical (unpaired) electrons. The number of hydrogen-bond acceptors (Lipinski definition) is 4. The quantitative estimate of drug-likeness (QED) is 0.856. The van der Waals surface area contributed by atoms with Crippen molar-refractivity contribution >= 4 is 12.0 Å². The average Bonchev–Trinajstić information content (AvgIpc) is 2.54. The van der Waals surface area contributed by atoms with Crippen LogP contribution in [0.25, 0.3) is 0 Å². The summed E-state index contributed by atoms with van der Waals surface area (Å²) < 4.78 is 10.2. The van der Waals surface area contributed by atoms with Crippen molar-refractivity contribution in [1.82, 2.24) is 9.80 Å². The van der Waals surface area contributed by atoms with Gasteiger partial charge in [-0.3, -0.25) is 4.79 Å². The topological polar surface area (TPSA) is 59.1 Å². The van der Waals surface area contributed by atoms with Gasteiger partial charge in [-0.25, -0.2) is 4.79 Å². The molecule has 1 aliphatic rings. The van der Waals surface area contributed by atoms with Crippen molar-refractivity contribution in [2.45, 2.75) is 13.8 Å². The minimum Gasteiger partial charge on any atom is -0.496 e. The first-order chi connectivity index (χ1) is 10.6. The molecule has 2 rings (SSSR count). The molecule has 0 spiro atoms. The second-order valence-electron chi connectivity index (χ2n) is 5.18. The van der Waals surface area contributed by atoms with Gasteiger partial charge in [-0.15, -0.1) is 0 Å². The van der Waals surface area contributed by atoms with Crippen molar-refractivity contribution in [2.24, 2.45) is 0 Å². The summed E-state index contributed by atoms with van der Waals surface area (Å²) in [6.07, 6.45) is -0.317. The van der Waals surface area contributed by atoms with Crippen molar-refractivity contribution in [3.05, 3.63) is 29.3 Å². The number of ether oxygens (including phenoxy) is 2. The van der Waals surface area contributed by atoms with Crippen LogP contribution in [0.1, 0.15) is 22.8 Å². The first-order valence-corrected chi connectivity index (χ1v) is 7.42. The smallest absolute Gasteiger partial charge is 0.409 e. The van der Waals surface area contributed by atoms with E-state index < -0.39 is 0 Å². The molecule has 0 saturated carbocycles. The first-order valence-electron chi connectivity index (χ1n) is 7.42. The number of aryl methyl sites for hydroxylation is 1. The Bertz CT molecular complexity index is 551. The zero-order valence-corrected chi connectivity index (χ0v) is 13.3. The summed E-state index contributed by atoms with van der Waals surface area (Å²) in [6, 6.07) is 5.55. The third kappa shape index (κ3) is 3.50. The van der Waals surface area contributed by atoms with E-state index in [4.69, 9.17) is 9.47 Å². The van der Waals surface area contributed by atoms with E-state index in [1.165, 1.54) is 0 Å². The fraction of sp³-hybridized carbons (Fsp3) is 0.500. The van der Waals surface area contributed by atoms with Gasteiger partial charge >= 0.3 is 6.09 Å². The van der Waals surface area contributed by atoms with Crippen molar-refractivity contribution < 1.29 is 19.1 Å². The first kappa shape index (κ1) is 16.1. The lowest BCUT2D eigenvalue weighted by Gasteiger charge is -2.34. The second kappa shape index (κ2) is 7.15. The lowest BCUT2D eigenvalue weighted by atomic mass is 10.1. The summed E-state index contributed by atoms with van der Waals surface area (Å²) in [6.45, 7) is 6.04. The molecule has 0 bridgehead atoms. The van der Waals surface area contributed by atoms with E-state index in [1.54, 1.807) is 29.9 Å². The number of benzene rings is 1. The molecule has 120 valence electrons. The summed E-state index contributed by atoms with van der Waals surface area (Å²) in [5.74, 6) is 0.507. The molecule has 0 unspecified atom stereocenters. The van der Waals surface area contributed by atoms with Crippen molar-refractivity contribution in [3.8, 4) is 5.75 Å². The van der Waals surface area contributed by atoms with Crippen LogP contribution in [-0.4, -0.2) is 61.7 Å². The summed E-state index contributed by atoms with van der Waals surface area (Å²) in [5, 5.41) is 0. The summed E-state index contributed by atoms with van der Waals surface area (Å²) in [7, 11) is 1.56. The normalized spacial score (nSPS) is 14.7. The molecule has 1 aromatic rings. The van der Waals surface area contributed by atoms with Gasteiger partial charge in [0.25, 0.3) is 5.91 Å². The van der Waals surface area contributed by atoms with E-state index in [9.17, 15) is 9.59 Å². The van der Waals surface area contributed by atoms with Crippen molar-refractivity contribution in [3.63, 3.8) is 0 Å². The van der Waals surface area contributed by atoms with Gasteiger partial charge in [-0.1, -0.05) is 11.6 Å². The highest BCUT2D eigenvalue weighted by atomic mass is 16.6. The predicted octanol–water partition coefficient (Wildman–Crippen LogP) is 1.92. The molecule has 0 aromatic heterocycles. The molecule has 0 aliphatic carbocycles. The van der Waals surface area contributed by atoms with Gasteiger partial charge < -0.3 is 19.3 Å². The van der Waals surface area contributed by atoms with E-state index in [2.05, 4.69) is 0 Å². The SMILES string of the molecule is CCOC(=O)N1CCN(C(=O)c2cc(C)ccc2OC)CC1. The van der Waals surface area contributed by atoms with E-state index in [1.807, 2.05) is 19.1 Å². The number of carbonyl (C=O) groups excluding carboxylic acids is 2. The number of rotatable bonds is 3. The minimum absolute atomic E-state index is 0.0657. The van der Waals surface area contributed by atoms with E-state index in [-0.39, 0.29) is 12.0 Å². The molecule has 6 heteroatoms. The van der Waals surface area contributed by atoms with Crippen LogP contribution < -0.4 is 4.74 Å². The molecule has 1 fully saturated rings. The Balaban J connectivity index is 2.04. The predicted molar refractivity (Wildman–Crippen MR) is 82.2 cm³/mol.